The van der Waals surface area contributed by atoms with Crippen molar-refractivity contribution in [1.82, 2.24) is 0 Å². The summed E-state index contributed by atoms with van der Waals surface area (Å²) >= 11 is 0. The van der Waals surface area contributed by atoms with Crippen molar-refractivity contribution in [3.63, 3.8) is 0 Å². The standard InChI is InChI=1S/C13H20O2/c1-9-6-10(2)8-11(7-9)13(14)12-4-3-5-15-12/h3-5,9-11,13-14H,6-8H2,1-2H3. The molecular formula is C13H20O2. The number of aliphatic hydroxyl groups excluding tert-OH is 1. The van der Waals surface area contributed by atoms with E-state index in [9.17, 15) is 5.11 Å². The average Bonchev–Trinajstić information content (AvgIpc) is 2.67. The van der Waals surface area contributed by atoms with Gasteiger partial charge in [-0.1, -0.05) is 13.8 Å². The summed E-state index contributed by atoms with van der Waals surface area (Å²) in [7, 11) is 0. The minimum atomic E-state index is -0.412. The first-order chi connectivity index (χ1) is 7.16. The van der Waals surface area contributed by atoms with Crippen LogP contribution >= 0.6 is 0 Å². The molecule has 1 saturated carbocycles. The van der Waals surface area contributed by atoms with Gasteiger partial charge in [-0.25, -0.2) is 0 Å². The van der Waals surface area contributed by atoms with Crippen molar-refractivity contribution in [3.8, 4) is 0 Å². The fraction of sp³-hybridized carbons (Fsp3) is 0.692. The van der Waals surface area contributed by atoms with Gasteiger partial charge in [0.15, 0.2) is 0 Å². The first-order valence-electron chi connectivity index (χ1n) is 5.88. The van der Waals surface area contributed by atoms with Crippen molar-refractivity contribution >= 4 is 0 Å². The lowest BCUT2D eigenvalue weighted by Gasteiger charge is -2.33. The summed E-state index contributed by atoms with van der Waals surface area (Å²) in [6.07, 6.45) is 4.75. The molecule has 1 N–H and O–H groups in total. The zero-order chi connectivity index (χ0) is 10.8. The van der Waals surface area contributed by atoms with Crippen molar-refractivity contribution in [2.45, 2.75) is 39.2 Å². The molecule has 3 atom stereocenters. The molecule has 1 aliphatic carbocycles. The number of furan rings is 1. The quantitative estimate of drug-likeness (QED) is 0.808. The van der Waals surface area contributed by atoms with Gasteiger partial charge in [-0.2, -0.15) is 0 Å². The molecule has 1 heterocycles. The lowest BCUT2D eigenvalue weighted by atomic mass is 9.74. The van der Waals surface area contributed by atoms with Gasteiger partial charge >= 0.3 is 0 Å². The molecule has 2 heteroatoms. The van der Waals surface area contributed by atoms with E-state index in [-0.39, 0.29) is 0 Å². The van der Waals surface area contributed by atoms with Gasteiger partial charge in [0, 0.05) is 0 Å². The Balaban J connectivity index is 2.03. The molecule has 1 aliphatic rings. The third-order valence-corrected chi connectivity index (χ3v) is 3.50. The van der Waals surface area contributed by atoms with Crippen LogP contribution in [0.2, 0.25) is 0 Å². The molecule has 1 aromatic heterocycles. The highest BCUT2D eigenvalue weighted by molar-refractivity contribution is 5.03. The van der Waals surface area contributed by atoms with E-state index in [1.54, 1.807) is 6.26 Å². The van der Waals surface area contributed by atoms with E-state index < -0.39 is 6.10 Å². The van der Waals surface area contributed by atoms with Gasteiger partial charge in [-0.15, -0.1) is 0 Å². The van der Waals surface area contributed by atoms with Crippen molar-refractivity contribution in [2.75, 3.05) is 0 Å². The first-order valence-corrected chi connectivity index (χ1v) is 5.88. The monoisotopic (exact) mass is 208 g/mol. The van der Waals surface area contributed by atoms with Crippen molar-refractivity contribution in [2.24, 2.45) is 17.8 Å². The summed E-state index contributed by atoms with van der Waals surface area (Å²) in [5.74, 6) is 2.54. The zero-order valence-electron chi connectivity index (χ0n) is 9.52. The van der Waals surface area contributed by atoms with Crippen LogP contribution < -0.4 is 0 Å². The SMILES string of the molecule is CC1CC(C)CC(C(O)c2ccco2)C1. The van der Waals surface area contributed by atoms with Gasteiger partial charge in [0.25, 0.3) is 0 Å². The molecule has 0 saturated heterocycles. The second-order valence-corrected chi connectivity index (χ2v) is 5.14. The molecule has 0 bridgehead atoms. The van der Waals surface area contributed by atoms with E-state index in [1.807, 2.05) is 12.1 Å². The number of aliphatic hydroxyl groups is 1. The molecule has 3 unspecified atom stereocenters. The summed E-state index contributed by atoms with van der Waals surface area (Å²) in [6.45, 7) is 4.55. The van der Waals surface area contributed by atoms with E-state index in [4.69, 9.17) is 4.42 Å². The van der Waals surface area contributed by atoms with Gasteiger partial charge in [-0.05, 0) is 49.1 Å². The smallest absolute Gasteiger partial charge is 0.132 e. The molecule has 0 aliphatic heterocycles. The molecule has 2 rings (SSSR count). The summed E-state index contributed by atoms with van der Waals surface area (Å²) < 4.78 is 5.27. The Kier molecular flexibility index (Phi) is 3.15. The maximum absolute atomic E-state index is 10.2. The molecule has 15 heavy (non-hydrogen) atoms. The number of rotatable bonds is 2. The number of hydrogen-bond donors (Lipinski definition) is 1. The predicted octanol–water partition coefficient (Wildman–Crippen LogP) is 3.39. The molecule has 0 radical (unpaired) electrons. The average molecular weight is 208 g/mol. The summed E-state index contributed by atoms with van der Waals surface area (Å²) in [5.41, 5.74) is 0. The molecule has 84 valence electrons. The largest absolute Gasteiger partial charge is 0.467 e. The summed E-state index contributed by atoms with van der Waals surface area (Å²) in [5, 5.41) is 10.2. The summed E-state index contributed by atoms with van der Waals surface area (Å²) in [6, 6.07) is 3.71. The highest BCUT2D eigenvalue weighted by Crippen LogP contribution is 2.39. The fourth-order valence-corrected chi connectivity index (χ4v) is 2.96. The Morgan fingerprint density at radius 1 is 1.27 bits per heavy atom. The van der Waals surface area contributed by atoms with Crippen LogP contribution in [0, 0.1) is 17.8 Å². The highest BCUT2D eigenvalue weighted by atomic mass is 16.4. The Morgan fingerprint density at radius 3 is 2.47 bits per heavy atom. The van der Waals surface area contributed by atoms with Gasteiger partial charge < -0.3 is 9.52 Å². The molecule has 0 amide bonds. The van der Waals surface area contributed by atoms with Gasteiger partial charge in [0.1, 0.15) is 11.9 Å². The molecule has 2 nitrogen and oxygen atoms in total. The van der Waals surface area contributed by atoms with Crippen LogP contribution in [-0.2, 0) is 0 Å². The Morgan fingerprint density at radius 2 is 1.93 bits per heavy atom. The molecule has 1 fully saturated rings. The lowest BCUT2D eigenvalue weighted by molar-refractivity contribution is 0.0397. The van der Waals surface area contributed by atoms with E-state index >= 15 is 0 Å². The zero-order valence-corrected chi connectivity index (χ0v) is 9.52. The number of hydrogen-bond acceptors (Lipinski definition) is 2. The topological polar surface area (TPSA) is 33.4 Å². The minimum absolute atomic E-state index is 0.370. The molecule has 1 aromatic rings. The second-order valence-electron chi connectivity index (χ2n) is 5.14. The van der Waals surface area contributed by atoms with Crippen LogP contribution in [-0.4, -0.2) is 5.11 Å². The third kappa shape index (κ3) is 2.43. The second kappa shape index (κ2) is 4.40. The van der Waals surface area contributed by atoms with E-state index in [0.29, 0.717) is 5.92 Å². The maximum Gasteiger partial charge on any atom is 0.132 e. The van der Waals surface area contributed by atoms with E-state index in [0.717, 1.165) is 30.4 Å². The third-order valence-electron chi connectivity index (χ3n) is 3.50. The van der Waals surface area contributed by atoms with Crippen LogP contribution in [0.25, 0.3) is 0 Å². The Bertz CT molecular complexity index is 281. The van der Waals surface area contributed by atoms with Gasteiger partial charge in [0.2, 0.25) is 0 Å². The van der Waals surface area contributed by atoms with Crippen LogP contribution in [0.3, 0.4) is 0 Å². The highest BCUT2D eigenvalue weighted by Gasteiger charge is 2.30. The maximum atomic E-state index is 10.2. The predicted molar refractivity (Wildman–Crippen MR) is 59.3 cm³/mol. The molecule has 0 spiro atoms. The van der Waals surface area contributed by atoms with Crippen LogP contribution in [0.5, 0.6) is 0 Å². The molecule has 0 aromatic carbocycles. The van der Waals surface area contributed by atoms with Gasteiger partial charge in [0.05, 0.1) is 6.26 Å². The first kappa shape index (κ1) is 10.7. The van der Waals surface area contributed by atoms with Crippen molar-refractivity contribution in [3.05, 3.63) is 24.2 Å². The molecular weight excluding hydrogens is 188 g/mol. The normalized spacial score (nSPS) is 33.9. The van der Waals surface area contributed by atoms with E-state index in [2.05, 4.69) is 13.8 Å². The van der Waals surface area contributed by atoms with Crippen LogP contribution in [0.4, 0.5) is 0 Å². The lowest BCUT2D eigenvalue weighted by Crippen LogP contribution is -2.24. The van der Waals surface area contributed by atoms with Crippen molar-refractivity contribution < 1.29 is 9.52 Å². The van der Waals surface area contributed by atoms with E-state index in [1.165, 1.54) is 6.42 Å². The Hall–Kier alpha value is -0.760. The van der Waals surface area contributed by atoms with Crippen LogP contribution in [0.1, 0.15) is 45.0 Å². The minimum Gasteiger partial charge on any atom is -0.467 e. The van der Waals surface area contributed by atoms with Crippen molar-refractivity contribution in [1.29, 1.82) is 0 Å². The van der Waals surface area contributed by atoms with Gasteiger partial charge in [-0.3, -0.25) is 0 Å². The fourth-order valence-electron chi connectivity index (χ4n) is 2.96. The van der Waals surface area contributed by atoms with Crippen LogP contribution in [0.15, 0.2) is 22.8 Å². The summed E-state index contributed by atoms with van der Waals surface area (Å²) in [4.78, 5) is 0. The Labute approximate surface area is 91.3 Å².